The lowest BCUT2D eigenvalue weighted by Gasteiger charge is -2.21. The Morgan fingerprint density at radius 2 is 2.00 bits per heavy atom. The van der Waals surface area contributed by atoms with Crippen molar-refractivity contribution in [1.29, 1.82) is 0 Å². The van der Waals surface area contributed by atoms with Crippen molar-refractivity contribution in [1.82, 2.24) is 25.1 Å². The fourth-order valence-electron chi connectivity index (χ4n) is 3.91. The minimum Gasteiger partial charge on any atom is -0.477 e. The highest BCUT2D eigenvalue weighted by Crippen LogP contribution is 2.35. The van der Waals surface area contributed by atoms with Gasteiger partial charge in [-0.3, -0.25) is 4.79 Å². The summed E-state index contributed by atoms with van der Waals surface area (Å²) in [5.74, 6) is -2.12. The Bertz CT molecular complexity index is 1260. The molecule has 0 saturated heterocycles. The summed E-state index contributed by atoms with van der Waals surface area (Å²) in [6.45, 7) is 7.34. The molecule has 1 atom stereocenters. The van der Waals surface area contributed by atoms with Crippen molar-refractivity contribution in [2.75, 3.05) is 0 Å². The normalized spacial score (nSPS) is 15.4. The van der Waals surface area contributed by atoms with Crippen molar-refractivity contribution in [2.24, 2.45) is 0 Å². The van der Waals surface area contributed by atoms with E-state index in [0.29, 0.717) is 18.4 Å². The van der Waals surface area contributed by atoms with Crippen LogP contribution in [0.15, 0.2) is 24.4 Å². The molecule has 1 aliphatic rings. The zero-order valence-electron chi connectivity index (χ0n) is 18.2. The molecule has 0 fully saturated rings. The van der Waals surface area contributed by atoms with Crippen LogP contribution >= 0.6 is 0 Å². The molecule has 2 heterocycles. The number of hydrogen-bond donors (Lipinski definition) is 2. The minimum absolute atomic E-state index is 0.0345. The van der Waals surface area contributed by atoms with Gasteiger partial charge in [0.05, 0.1) is 17.8 Å². The fraction of sp³-hybridized carbons (Fsp3) is 0.364. The fourth-order valence-corrected chi connectivity index (χ4v) is 3.91. The molecule has 10 nitrogen and oxygen atoms in total. The predicted octanol–water partition coefficient (Wildman–Crippen LogP) is 2.50. The van der Waals surface area contributed by atoms with E-state index >= 15 is 0 Å². The van der Waals surface area contributed by atoms with Crippen molar-refractivity contribution in [3.05, 3.63) is 58.0 Å². The van der Waals surface area contributed by atoms with Gasteiger partial charge < -0.3 is 15.2 Å². The molecule has 4 rings (SSSR count). The molecule has 1 aliphatic carbocycles. The number of ether oxygens (including phenoxy) is 1. The maximum absolute atomic E-state index is 12.9. The highest BCUT2D eigenvalue weighted by Gasteiger charge is 2.29. The van der Waals surface area contributed by atoms with Gasteiger partial charge in [-0.25, -0.2) is 14.6 Å². The number of hydrogen-bond acceptors (Lipinski definition) is 7. The summed E-state index contributed by atoms with van der Waals surface area (Å²) >= 11 is 0. The van der Waals surface area contributed by atoms with Crippen LogP contribution in [0, 0.1) is 6.92 Å². The lowest BCUT2D eigenvalue weighted by molar-refractivity contribution is 0.00682. The van der Waals surface area contributed by atoms with Gasteiger partial charge in [-0.1, -0.05) is 11.3 Å². The summed E-state index contributed by atoms with van der Waals surface area (Å²) in [7, 11) is 0. The molecular weight excluding hydrogens is 414 g/mol. The van der Waals surface area contributed by atoms with Crippen LogP contribution in [0.2, 0.25) is 0 Å². The van der Waals surface area contributed by atoms with Crippen LogP contribution < -0.4 is 5.32 Å². The number of nitrogens with zero attached hydrogens (tertiary/aromatic N) is 4. The van der Waals surface area contributed by atoms with Crippen molar-refractivity contribution in [2.45, 2.75) is 52.2 Å². The first kappa shape index (κ1) is 21.4. The van der Waals surface area contributed by atoms with Gasteiger partial charge in [-0.15, -0.1) is 5.10 Å². The molecule has 0 unspecified atom stereocenters. The molecule has 1 amide bonds. The first-order valence-corrected chi connectivity index (χ1v) is 10.2. The highest BCUT2D eigenvalue weighted by atomic mass is 16.6. The third-order valence-corrected chi connectivity index (χ3v) is 5.34. The van der Waals surface area contributed by atoms with Crippen LogP contribution in [-0.2, 0) is 11.2 Å². The van der Waals surface area contributed by atoms with Gasteiger partial charge in [0.15, 0.2) is 11.3 Å². The molecule has 2 aromatic heterocycles. The van der Waals surface area contributed by atoms with Gasteiger partial charge in [-0.2, -0.15) is 4.52 Å². The Morgan fingerprint density at radius 3 is 2.69 bits per heavy atom. The Morgan fingerprint density at radius 1 is 1.25 bits per heavy atom. The summed E-state index contributed by atoms with van der Waals surface area (Å²) in [4.78, 5) is 41.1. The number of carboxylic acid groups (broad SMARTS) is 1. The minimum atomic E-state index is -1.24. The number of aromatic nitrogens is 4. The molecule has 0 radical (unpaired) electrons. The van der Waals surface area contributed by atoms with E-state index in [4.69, 9.17) is 4.74 Å². The maximum Gasteiger partial charge on any atom is 0.354 e. The summed E-state index contributed by atoms with van der Waals surface area (Å²) in [5.41, 5.74) is 2.62. The van der Waals surface area contributed by atoms with Gasteiger partial charge in [0.1, 0.15) is 11.3 Å². The summed E-state index contributed by atoms with van der Waals surface area (Å²) in [5, 5.41) is 19.7. The topological polar surface area (TPSA) is 136 Å². The number of esters is 1. The molecule has 1 aromatic carbocycles. The molecule has 2 N–H and O–H groups in total. The number of carbonyl (C=O) groups is 3. The smallest absolute Gasteiger partial charge is 0.354 e. The number of fused-ring (bicyclic) bond motifs is 2. The van der Waals surface area contributed by atoms with E-state index in [1.165, 1.54) is 12.3 Å². The molecule has 3 aromatic rings. The van der Waals surface area contributed by atoms with E-state index < -0.39 is 17.5 Å². The van der Waals surface area contributed by atoms with Gasteiger partial charge in [0, 0.05) is 6.07 Å². The molecule has 32 heavy (non-hydrogen) atoms. The largest absolute Gasteiger partial charge is 0.477 e. The van der Waals surface area contributed by atoms with Crippen LogP contribution in [-0.4, -0.2) is 48.4 Å². The SMILES string of the molecule is Cc1c(C(=O)OC(C)(C)C)ccc2c1CC[C@@H]2NC(=O)c1cc(C(=O)O)n2nncc2n1. The standard InChI is InChI=1S/C22H23N5O5/c1-11-12-7-8-15(14(12)6-5-13(11)21(31)32-22(2,3)4)25-19(28)16-9-17(20(29)30)27-18(24-16)10-23-26-27/h5-6,9-10,15H,7-8H2,1-4H3,(H,25,28)(H,29,30)/t15-/m0/s1. The van der Waals surface area contributed by atoms with E-state index in [1.807, 2.05) is 33.8 Å². The molecular formula is C22H23N5O5. The van der Waals surface area contributed by atoms with Crippen LogP contribution in [0.1, 0.15) is 81.3 Å². The maximum atomic E-state index is 12.9. The lowest BCUT2D eigenvalue weighted by atomic mass is 9.97. The first-order chi connectivity index (χ1) is 15.0. The van der Waals surface area contributed by atoms with E-state index in [0.717, 1.165) is 21.2 Å². The monoisotopic (exact) mass is 437 g/mol. The molecule has 0 saturated carbocycles. The summed E-state index contributed by atoms with van der Waals surface area (Å²) < 4.78 is 6.56. The number of benzene rings is 1. The van der Waals surface area contributed by atoms with Crippen LogP contribution in [0.25, 0.3) is 5.65 Å². The molecule has 0 aliphatic heterocycles. The van der Waals surface area contributed by atoms with Gasteiger partial charge in [0.2, 0.25) is 0 Å². The van der Waals surface area contributed by atoms with Crippen molar-refractivity contribution >= 4 is 23.5 Å². The average molecular weight is 437 g/mol. The third-order valence-electron chi connectivity index (χ3n) is 5.34. The molecule has 0 spiro atoms. The lowest BCUT2D eigenvalue weighted by Crippen LogP contribution is -2.29. The Labute approximate surface area is 183 Å². The van der Waals surface area contributed by atoms with Crippen molar-refractivity contribution in [3.8, 4) is 0 Å². The van der Waals surface area contributed by atoms with E-state index in [1.54, 1.807) is 6.07 Å². The van der Waals surface area contributed by atoms with E-state index in [9.17, 15) is 19.5 Å². The number of nitrogens with one attached hydrogen (secondary N) is 1. The zero-order valence-corrected chi connectivity index (χ0v) is 18.2. The summed E-state index contributed by atoms with van der Waals surface area (Å²) in [6.07, 6.45) is 2.64. The predicted molar refractivity (Wildman–Crippen MR) is 113 cm³/mol. The molecule has 166 valence electrons. The van der Waals surface area contributed by atoms with Gasteiger partial charge >= 0.3 is 11.9 Å². The number of carbonyl (C=O) groups excluding carboxylic acids is 2. The second-order valence-corrected chi connectivity index (χ2v) is 8.71. The van der Waals surface area contributed by atoms with E-state index in [2.05, 4.69) is 20.6 Å². The van der Waals surface area contributed by atoms with Crippen molar-refractivity contribution in [3.63, 3.8) is 0 Å². The second-order valence-electron chi connectivity index (χ2n) is 8.71. The highest BCUT2D eigenvalue weighted by molar-refractivity contribution is 5.96. The number of aromatic carboxylic acids is 1. The molecule has 0 bridgehead atoms. The third kappa shape index (κ3) is 3.91. The number of carboxylic acids is 1. The first-order valence-electron chi connectivity index (χ1n) is 10.2. The average Bonchev–Trinajstić information content (AvgIpc) is 3.33. The van der Waals surface area contributed by atoms with E-state index in [-0.39, 0.29) is 29.0 Å². The Balaban J connectivity index is 1.59. The summed E-state index contributed by atoms with van der Waals surface area (Å²) in [6, 6.07) is 4.45. The van der Waals surface area contributed by atoms with Gasteiger partial charge in [0.25, 0.3) is 5.91 Å². The van der Waals surface area contributed by atoms with Crippen LogP contribution in [0.3, 0.4) is 0 Å². The number of amides is 1. The number of rotatable bonds is 4. The van der Waals surface area contributed by atoms with Crippen LogP contribution in [0.5, 0.6) is 0 Å². The zero-order chi connectivity index (χ0) is 23.2. The Kier molecular flexibility index (Phi) is 5.15. The second kappa shape index (κ2) is 7.70. The Hall–Kier alpha value is -3.82. The van der Waals surface area contributed by atoms with Gasteiger partial charge in [-0.05, 0) is 63.3 Å². The van der Waals surface area contributed by atoms with Crippen LogP contribution in [0.4, 0.5) is 0 Å². The van der Waals surface area contributed by atoms with Crippen molar-refractivity contribution < 1.29 is 24.2 Å². The molecule has 10 heteroatoms. The quantitative estimate of drug-likeness (QED) is 0.594.